The van der Waals surface area contributed by atoms with Gasteiger partial charge in [0.15, 0.2) is 5.96 Å². The molecule has 1 aromatic heterocycles. The van der Waals surface area contributed by atoms with Crippen molar-refractivity contribution < 1.29 is 5.11 Å². The van der Waals surface area contributed by atoms with Crippen molar-refractivity contribution in [3.05, 3.63) is 22.4 Å². The van der Waals surface area contributed by atoms with Gasteiger partial charge < -0.3 is 15.7 Å². The van der Waals surface area contributed by atoms with E-state index < -0.39 is 0 Å². The Morgan fingerprint density at radius 3 is 2.69 bits per heavy atom. The van der Waals surface area contributed by atoms with Crippen LogP contribution in [0.5, 0.6) is 0 Å². The average molecular weight is 421 g/mol. The molecule has 0 unspecified atom stereocenters. The highest BCUT2D eigenvalue weighted by molar-refractivity contribution is 7.09. The van der Waals surface area contributed by atoms with E-state index in [1.807, 2.05) is 11.3 Å². The number of aliphatic hydroxyl groups excluding tert-OH is 1. The lowest BCUT2D eigenvalue weighted by atomic mass is 9.72. The number of hydrogen-bond donors (Lipinski definition) is 3. The third-order valence-electron chi connectivity index (χ3n) is 6.70. The second-order valence-electron chi connectivity index (χ2n) is 8.91. The van der Waals surface area contributed by atoms with Crippen molar-refractivity contribution in [2.45, 2.75) is 64.8 Å². The van der Waals surface area contributed by atoms with E-state index in [2.05, 4.69) is 40.0 Å². The predicted molar refractivity (Wildman–Crippen MR) is 124 cm³/mol. The molecule has 0 radical (unpaired) electrons. The first kappa shape index (κ1) is 22.6. The Kier molecular flexibility index (Phi) is 9.28. The summed E-state index contributed by atoms with van der Waals surface area (Å²) in [5.74, 6) is 1.68. The molecule has 1 aromatic rings. The molecule has 0 bridgehead atoms. The van der Waals surface area contributed by atoms with Crippen molar-refractivity contribution in [1.82, 2.24) is 15.5 Å². The first-order chi connectivity index (χ1) is 14.2. The van der Waals surface area contributed by atoms with E-state index in [1.54, 1.807) is 0 Å². The van der Waals surface area contributed by atoms with Gasteiger partial charge in [-0.2, -0.15) is 0 Å². The highest BCUT2D eigenvalue weighted by Crippen LogP contribution is 2.39. The van der Waals surface area contributed by atoms with Crippen LogP contribution in [0.15, 0.2) is 22.5 Å². The molecule has 1 saturated heterocycles. The van der Waals surface area contributed by atoms with Gasteiger partial charge in [-0.25, -0.2) is 0 Å². The fraction of sp³-hybridized carbons (Fsp3) is 0.783. The molecule has 5 nitrogen and oxygen atoms in total. The van der Waals surface area contributed by atoms with Gasteiger partial charge in [0.2, 0.25) is 0 Å². The smallest absolute Gasteiger partial charge is 0.191 e. The second-order valence-corrected chi connectivity index (χ2v) is 9.94. The number of piperidine rings is 1. The molecule has 0 amide bonds. The van der Waals surface area contributed by atoms with Gasteiger partial charge in [-0.3, -0.25) is 9.89 Å². The summed E-state index contributed by atoms with van der Waals surface area (Å²) >= 11 is 1.86. The van der Waals surface area contributed by atoms with Crippen molar-refractivity contribution >= 4 is 17.3 Å². The third-order valence-corrected chi connectivity index (χ3v) is 7.56. The Hall–Kier alpha value is -1.11. The van der Waals surface area contributed by atoms with Crippen LogP contribution in [0, 0.1) is 11.3 Å². The molecule has 29 heavy (non-hydrogen) atoms. The van der Waals surface area contributed by atoms with E-state index in [-0.39, 0.29) is 12.0 Å². The Labute approximate surface area is 181 Å². The minimum atomic E-state index is 0.211. The van der Waals surface area contributed by atoms with Crippen molar-refractivity contribution in [3.63, 3.8) is 0 Å². The van der Waals surface area contributed by atoms with E-state index in [4.69, 9.17) is 4.99 Å². The number of likely N-dealkylation sites (tertiary alicyclic amines) is 1. The number of hydrogen-bond acceptors (Lipinski definition) is 4. The summed E-state index contributed by atoms with van der Waals surface area (Å²) in [5, 5.41) is 18.8. The van der Waals surface area contributed by atoms with Gasteiger partial charge in [0.05, 0.1) is 0 Å². The van der Waals surface area contributed by atoms with Gasteiger partial charge in [0, 0.05) is 37.7 Å². The highest BCUT2D eigenvalue weighted by Gasteiger charge is 2.31. The minimum absolute atomic E-state index is 0.211. The van der Waals surface area contributed by atoms with Gasteiger partial charge in [-0.15, -0.1) is 11.3 Å². The molecule has 0 atom stereocenters. The number of nitrogens with zero attached hydrogens (tertiary/aromatic N) is 2. The average Bonchev–Trinajstić information content (AvgIpc) is 3.25. The summed E-state index contributed by atoms with van der Waals surface area (Å²) in [6.45, 7) is 8.63. The van der Waals surface area contributed by atoms with Crippen LogP contribution in [0.1, 0.15) is 63.2 Å². The van der Waals surface area contributed by atoms with Crippen LogP contribution in [0.25, 0.3) is 0 Å². The normalized spacial score (nSPS) is 21.2. The fourth-order valence-corrected chi connectivity index (χ4v) is 5.57. The van der Waals surface area contributed by atoms with Crippen LogP contribution < -0.4 is 10.6 Å². The summed E-state index contributed by atoms with van der Waals surface area (Å²) in [6.07, 6.45) is 9.71. The molecule has 6 heteroatoms. The summed E-state index contributed by atoms with van der Waals surface area (Å²) in [4.78, 5) is 9.01. The van der Waals surface area contributed by atoms with Gasteiger partial charge >= 0.3 is 0 Å². The first-order valence-electron chi connectivity index (χ1n) is 11.6. The molecule has 1 aliphatic heterocycles. The number of guanidine groups is 1. The second kappa shape index (κ2) is 11.9. The van der Waals surface area contributed by atoms with Crippen molar-refractivity contribution in [2.24, 2.45) is 16.3 Å². The maximum atomic E-state index is 9.54. The number of aliphatic imine (C=N–C) groups is 1. The molecule has 3 N–H and O–H groups in total. The number of thiophene rings is 1. The molecular weight excluding hydrogens is 380 g/mol. The van der Waals surface area contributed by atoms with Crippen LogP contribution in [0.3, 0.4) is 0 Å². The zero-order valence-corrected chi connectivity index (χ0v) is 19.0. The topological polar surface area (TPSA) is 59.9 Å². The first-order valence-corrected chi connectivity index (χ1v) is 12.5. The monoisotopic (exact) mass is 420 g/mol. The maximum Gasteiger partial charge on any atom is 0.191 e. The van der Waals surface area contributed by atoms with E-state index in [1.165, 1.54) is 62.9 Å². The lowest BCUT2D eigenvalue weighted by Crippen LogP contribution is -2.43. The van der Waals surface area contributed by atoms with Gasteiger partial charge in [0.25, 0.3) is 0 Å². The van der Waals surface area contributed by atoms with E-state index in [9.17, 15) is 5.11 Å². The van der Waals surface area contributed by atoms with Crippen LogP contribution in [0.4, 0.5) is 0 Å². The molecule has 1 saturated carbocycles. The quantitative estimate of drug-likeness (QED) is 0.419. The Bertz CT molecular complexity index is 585. The van der Waals surface area contributed by atoms with Gasteiger partial charge in [-0.1, -0.05) is 25.3 Å². The molecule has 0 aromatic carbocycles. The maximum absolute atomic E-state index is 9.54. The lowest BCUT2D eigenvalue weighted by molar-refractivity contribution is 0.137. The molecule has 2 heterocycles. The zero-order valence-electron chi connectivity index (χ0n) is 18.2. The predicted octanol–water partition coefficient (Wildman–Crippen LogP) is 3.85. The zero-order chi connectivity index (χ0) is 20.4. The van der Waals surface area contributed by atoms with Crippen LogP contribution >= 0.6 is 11.3 Å². The standard InChI is InChI=1S/C23H40N4OS/c1-2-24-22(26-19-23(12-15-28)10-4-3-5-11-23)25-17-20-8-13-27(14-9-20)18-21-7-6-16-29-21/h6-7,16,20,28H,2-5,8-15,17-19H2,1H3,(H2,24,25,26). The van der Waals surface area contributed by atoms with Crippen LogP contribution in [0.2, 0.25) is 0 Å². The molecule has 2 aliphatic rings. The SMILES string of the molecule is CCNC(=NCC1(CCO)CCCCC1)NCC1CCN(Cc2cccs2)CC1. The van der Waals surface area contributed by atoms with E-state index in [0.717, 1.165) is 44.5 Å². The largest absolute Gasteiger partial charge is 0.396 e. The number of aliphatic hydroxyl groups is 1. The Morgan fingerprint density at radius 1 is 1.24 bits per heavy atom. The van der Waals surface area contributed by atoms with Crippen LogP contribution in [-0.4, -0.2) is 55.3 Å². The summed E-state index contributed by atoms with van der Waals surface area (Å²) in [6, 6.07) is 4.39. The third kappa shape index (κ3) is 7.26. The highest BCUT2D eigenvalue weighted by atomic mass is 32.1. The van der Waals surface area contributed by atoms with Crippen molar-refractivity contribution in [1.29, 1.82) is 0 Å². The molecule has 3 rings (SSSR count). The van der Waals surface area contributed by atoms with Gasteiger partial charge in [0.1, 0.15) is 0 Å². The molecular formula is C23H40N4OS. The van der Waals surface area contributed by atoms with E-state index >= 15 is 0 Å². The van der Waals surface area contributed by atoms with Gasteiger partial charge in [-0.05, 0) is 74.9 Å². The summed E-state index contributed by atoms with van der Waals surface area (Å²) in [7, 11) is 0. The number of nitrogens with one attached hydrogen (secondary N) is 2. The molecule has 0 spiro atoms. The van der Waals surface area contributed by atoms with Crippen molar-refractivity contribution in [2.75, 3.05) is 39.3 Å². The molecule has 2 fully saturated rings. The Balaban J connectivity index is 1.44. The number of rotatable bonds is 9. The van der Waals surface area contributed by atoms with Crippen LogP contribution in [-0.2, 0) is 6.54 Å². The van der Waals surface area contributed by atoms with Crippen molar-refractivity contribution in [3.8, 4) is 0 Å². The summed E-state index contributed by atoms with van der Waals surface area (Å²) < 4.78 is 0. The Morgan fingerprint density at radius 2 is 2.03 bits per heavy atom. The lowest BCUT2D eigenvalue weighted by Gasteiger charge is -2.36. The minimum Gasteiger partial charge on any atom is -0.396 e. The summed E-state index contributed by atoms with van der Waals surface area (Å²) in [5.41, 5.74) is 0.211. The molecule has 1 aliphatic carbocycles. The molecule has 164 valence electrons. The fourth-order valence-electron chi connectivity index (χ4n) is 4.83. The van der Waals surface area contributed by atoms with E-state index in [0.29, 0.717) is 0 Å².